The normalized spacial score (nSPS) is 12.6. The van der Waals surface area contributed by atoms with Crippen LogP contribution in [-0.4, -0.2) is 9.38 Å². The van der Waals surface area contributed by atoms with Gasteiger partial charge in [0.15, 0.2) is 0 Å². The van der Waals surface area contributed by atoms with Crippen LogP contribution in [0.5, 0.6) is 0 Å². The second-order valence-corrected chi connectivity index (χ2v) is 7.21. The second kappa shape index (κ2) is 3.81. The van der Waals surface area contributed by atoms with Crippen LogP contribution in [0.4, 0.5) is 0 Å². The molecule has 0 amide bonds. The molecule has 6 aromatic rings. The van der Waals surface area contributed by atoms with Gasteiger partial charge in [0, 0.05) is 38.0 Å². The van der Waals surface area contributed by atoms with Crippen LogP contribution in [0.1, 0.15) is 4.88 Å². The van der Waals surface area contributed by atoms with Crippen LogP contribution >= 0.6 is 11.3 Å². The van der Waals surface area contributed by atoms with Crippen molar-refractivity contribution in [2.45, 2.75) is 6.92 Å². The summed E-state index contributed by atoms with van der Waals surface area (Å²) in [5.41, 5.74) is 5.02. The standard InChI is InChI=1S/C20H12N2S/c1-11-19-15(10-23-11)18-17-12(8-9-21-18)6-7-14-13-4-2-3-5-16(13)22(19)20(14)17/h2-10H,1H3. The Morgan fingerprint density at radius 1 is 0.913 bits per heavy atom. The Bertz CT molecular complexity index is 1370. The number of fused-ring (bicyclic) bond motifs is 6. The smallest absolute Gasteiger partial charge is 0.0831 e. The van der Waals surface area contributed by atoms with Crippen molar-refractivity contribution in [3.8, 4) is 0 Å². The highest BCUT2D eigenvalue weighted by atomic mass is 32.1. The van der Waals surface area contributed by atoms with Gasteiger partial charge in [-0.25, -0.2) is 0 Å². The fourth-order valence-corrected chi connectivity index (χ4v) is 4.88. The van der Waals surface area contributed by atoms with Gasteiger partial charge in [0.1, 0.15) is 0 Å². The molecule has 0 unspecified atom stereocenters. The molecule has 3 heteroatoms. The molecule has 0 aliphatic rings. The maximum absolute atomic E-state index is 4.74. The maximum Gasteiger partial charge on any atom is 0.0831 e. The van der Waals surface area contributed by atoms with Crippen molar-refractivity contribution >= 4 is 60.3 Å². The number of hydrogen-bond donors (Lipinski definition) is 0. The summed E-state index contributed by atoms with van der Waals surface area (Å²) < 4.78 is 2.45. The van der Waals surface area contributed by atoms with Crippen molar-refractivity contribution in [2.75, 3.05) is 0 Å². The number of rotatable bonds is 0. The van der Waals surface area contributed by atoms with Crippen LogP contribution in [0, 0.1) is 6.92 Å². The van der Waals surface area contributed by atoms with Gasteiger partial charge >= 0.3 is 0 Å². The van der Waals surface area contributed by atoms with E-state index >= 15 is 0 Å². The first-order valence-corrected chi connectivity index (χ1v) is 8.62. The first-order chi connectivity index (χ1) is 11.3. The number of aryl methyl sites for hydroxylation is 1. The second-order valence-electron chi connectivity index (χ2n) is 6.13. The summed E-state index contributed by atoms with van der Waals surface area (Å²) in [4.78, 5) is 6.08. The third kappa shape index (κ3) is 1.25. The summed E-state index contributed by atoms with van der Waals surface area (Å²) in [5, 5.41) is 8.70. The molecule has 2 nitrogen and oxygen atoms in total. The lowest BCUT2D eigenvalue weighted by molar-refractivity contribution is 1.33. The Labute approximate surface area is 135 Å². The minimum absolute atomic E-state index is 1.13. The van der Waals surface area contributed by atoms with E-state index in [1.807, 2.05) is 17.5 Å². The molecule has 4 aromatic heterocycles. The van der Waals surface area contributed by atoms with E-state index in [-0.39, 0.29) is 0 Å². The molecular formula is C20H12N2S. The molecule has 0 fully saturated rings. The molecule has 0 atom stereocenters. The lowest BCUT2D eigenvalue weighted by Crippen LogP contribution is -1.92. The minimum Gasteiger partial charge on any atom is -0.307 e. The predicted molar refractivity (Wildman–Crippen MR) is 99.0 cm³/mol. The summed E-state index contributed by atoms with van der Waals surface area (Å²) in [6.45, 7) is 2.21. The molecule has 0 bridgehead atoms. The molecule has 0 saturated heterocycles. The van der Waals surface area contributed by atoms with Gasteiger partial charge in [-0.2, -0.15) is 0 Å². The van der Waals surface area contributed by atoms with E-state index in [4.69, 9.17) is 4.98 Å². The quantitative estimate of drug-likeness (QED) is 0.349. The molecule has 0 saturated carbocycles. The zero-order valence-corrected chi connectivity index (χ0v) is 13.3. The molecule has 0 radical (unpaired) electrons. The van der Waals surface area contributed by atoms with Crippen LogP contribution < -0.4 is 0 Å². The average molecular weight is 312 g/mol. The third-order valence-electron chi connectivity index (χ3n) is 4.98. The number of nitrogens with zero attached hydrogens (tertiary/aromatic N) is 2. The Kier molecular flexibility index (Phi) is 1.96. The largest absolute Gasteiger partial charge is 0.307 e. The van der Waals surface area contributed by atoms with E-state index in [2.05, 4.69) is 59.2 Å². The van der Waals surface area contributed by atoms with Crippen LogP contribution in [0.15, 0.2) is 54.0 Å². The molecule has 0 N–H and O–H groups in total. The third-order valence-corrected chi connectivity index (χ3v) is 5.88. The molecule has 23 heavy (non-hydrogen) atoms. The van der Waals surface area contributed by atoms with Crippen LogP contribution in [-0.2, 0) is 0 Å². The molecule has 4 heterocycles. The van der Waals surface area contributed by atoms with E-state index in [1.165, 1.54) is 48.4 Å². The minimum atomic E-state index is 1.13. The van der Waals surface area contributed by atoms with Gasteiger partial charge in [-0.05, 0) is 24.4 Å². The van der Waals surface area contributed by atoms with Gasteiger partial charge in [-0.1, -0.05) is 30.3 Å². The van der Waals surface area contributed by atoms with E-state index in [0.29, 0.717) is 0 Å². The molecular weight excluding hydrogens is 300 g/mol. The fraction of sp³-hybridized carbons (Fsp3) is 0.0500. The molecule has 0 aliphatic heterocycles. The van der Waals surface area contributed by atoms with E-state index in [9.17, 15) is 0 Å². The average Bonchev–Trinajstić information content (AvgIpc) is 3.13. The van der Waals surface area contributed by atoms with Crippen LogP contribution in [0.3, 0.4) is 0 Å². The zero-order chi connectivity index (χ0) is 15.1. The van der Waals surface area contributed by atoms with Crippen LogP contribution in [0.25, 0.3) is 49.0 Å². The number of para-hydroxylation sites is 1. The molecule has 0 aliphatic carbocycles. The molecule has 6 rings (SSSR count). The first-order valence-electron chi connectivity index (χ1n) is 7.74. The number of thiophene rings is 1. The van der Waals surface area contributed by atoms with Crippen molar-refractivity contribution in [1.82, 2.24) is 9.38 Å². The highest BCUT2D eigenvalue weighted by Gasteiger charge is 2.19. The summed E-state index contributed by atoms with van der Waals surface area (Å²) in [6.07, 6.45) is 1.93. The summed E-state index contributed by atoms with van der Waals surface area (Å²) in [6, 6.07) is 15.3. The maximum atomic E-state index is 4.74. The van der Waals surface area contributed by atoms with E-state index in [1.54, 1.807) is 0 Å². The number of aromatic nitrogens is 2. The lowest BCUT2D eigenvalue weighted by Gasteiger charge is -2.10. The van der Waals surface area contributed by atoms with E-state index < -0.39 is 0 Å². The Morgan fingerprint density at radius 3 is 2.78 bits per heavy atom. The van der Waals surface area contributed by atoms with Gasteiger partial charge in [0.25, 0.3) is 0 Å². The fourth-order valence-electron chi connectivity index (χ4n) is 4.05. The zero-order valence-electron chi connectivity index (χ0n) is 12.5. The van der Waals surface area contributed by atoms with Gasteiger partial charge in [-0.15, -0.1) is 11.3 Å². The summed E-state index contributed by atoms with van der Waals surface area (Å²) in [7, 11) is 0. The Balaban J connectivity index is 2.19. The molecule has 2 aromatic carbocycles. The highest BCUT2D eigenvalue weighted by Crippen LogP contribution is 2.42. The summed E-state index contributed by atoms with van der Waals surface area (Å²) in [5.74, 6) is 0. The topological polar surface area (TPSA) is 17.3 Å². The predicted octanol–water partition coefficient (Wildman–Crippen LogP) is 5.75. The van der Waals surface area contributed by atoms with Crippen molar-refractivity contribution in [3.63, 3.8) is 0 Å². The van der Waals surface area contributed by atoms with Crippen molar-refractivity contribution in [1.29, 1.82) is 0 Å². The lowest BCUT2D eigenvalue weighted by atomic mass is 10.0. The van der Waals surface area contributed by atoms with Crippen LogP contribution in [0.2, 0.25) is 0 Å². The van der Waals surface area contributed by atoms with Gasteiger partial charge < -0.3 is 4.40 Å². The van der Waals surface area contributed by atoms with Gasteiger partial charge in [-0.3, -0.25) is 4.98 Å². The van der Waals surface area contributed by atoms with Gasteiger partial charge in [0.2, 0.25) is 0 Å². The SMILES string of the molecule is Cc1scc2c3nccc4ccc5c6ccccc6n(c12)c5c43. The first kappa shape index (κ1) is 11.9. The Morgan fingerprint density at radius 2 is 1.83 bits per heavy atom. The number of hydrogen-bond acceptors (Lipinski definition) is 2. The highest BCUT2D eigenvalue weighted by molar-refractivity contribution is 7.11. The number of pyridine rings is 2. The van der Waals surface area contributed by atoms with Crippen molar-refractivity contribution in [2.24, 2.45) is 0 Å². The monoisotopic (exact) mass is 312 g/mol. The molecule has 108 valence electrons. The Hall–Kier alpha value is -2.65. The summed E-state index contributed by atoms with van der Waals surface area (Å²) >= 11 is 1.81. The van der Waals surface area contributed by atoms with Crippen molar-refractivity contribution < 1.29 is 0 Å². The van der Waals surface area contributed by atoms with Gasteiger partial charge in [0.05, 0.1) is 22.1 Å². The number of benzene rings is 2. The van der Waals surface area contributed by atoms with E-state index in [0.717, 1.165) is 5.52 Å². The molecule has 0 spiro atoms. The van der Waals surface area contributed by atoms with Crippen molar-refractivity contribution in [3.05, 3.63) is 58.9 Å².